The Balaban J connectivity index is 1.61. The number of hydrogen-bond acceptors (Lipinski definition) is 3. The van der Waals surface area contributed by atoms with E-state index in [1.807, 2.05) is 19.0 Å². The molecule has 164 valence electrons. The monoisotopic (exact) mass is 417 g/mol. The zero-order valence-corrected chi connectivity index (χ0v) is 19.2. The first kappa shape index (κ1) is 23.0. The third-order valence-electron chi connectivity index (χ3n) is 5.67. The van der Waals surface area contributed by atoms with Crippen LogP contribution in [0.4, 0.5) is 0 Å². The maximum Gasteiger partial charge on any atom is 0.334 e. The van der Waals surface area contributed by atoms with E-state index in [4.69, 9.17) is 4.74 Å². The van der Waals surface area contributed by atoms with Gasteiger partial charge in [0.15, 0.2) is 0 Å². The zero-order valence-electron chi connectivity index (χ0n) is 19.2. The molecule has 0 atom stereocenters. The lowest BCUT2D eigenvalue weighted by atomic mass is 9.96. The molecule has 3 aromatic carbocycles. The molecule has 3 aromatic rings. The van der Waals surface area contributed by atoms with E-state index < -0.39 is 0 Å². The number of unbranched alkanes of at least 4 members (excludes halogenated alkanes) is 2. The summed E-state index contributed by atoms with van der Waals surface area (Å²) in [5.74, 6) is -0.298. The topological polar surface area (TPSA) is 29.5 Å². The second kappa shape index (κ2) is 11.1. The Bertz CT molecular complexity index is 1050. The van der Waals surface area contributed by atoms with E-state index in [-0.39, 0.29) is 5.97 Å². The predicted octanol–water partition coefficient (Wildman–Crippen LogP) is 6.32. The molecule has 3 heteroatoms. The minimum absolute atomic E-state index is 0.298. The predicted molar refractivity (Wildman–Crippen MR) is 132 cm³/mol. The van der Waals surface area contributed by atoms with Gasteiger partial charge in [0.05, 0.1) is 6.61 Å². The molecular weight excluding hydrogens is 382 g/mol. The lowest BCUT2D eigenvalue weighted by molar-refractivity contribution is -0.139. The molecule has 0 bridgehead atoms. The van der Waals surface area contributed by atoms with E-state index in [0.29, 0.717) is 18.7 Å². The second-order valence-corrected chi connectivity index (χ2v) is 8.71. The SMILES string of the molecule is C=C(CN(C)C)C(=O)OCCCc1ccc2c(ccc3cc(CCCCC)ccc32)c1. The van der Waals surface area contributed by atoms with Gasteiger partial charge in [-0.25, -0.2) is 4.79 Å². The second-order valence-electron chi connectivity index (χ2n) is 8.71. The van der Waals surface area contributed by atoms with Crippen molar-refractivity contribution in [2.24, 2.45) is 0 Å². The largest absolute Gasteiger partial charge is 0.462 e. The number of carbonyl (C=O) groups is 1. The Morgan fingerprint density at radius 1 is 0.871 bits per heavy atom. The molecular formula is C28H35NO2. The van der Waals surface area contributed by atoms with E-state index in [1.54, 1.807) is 0 Å². The summed E-state index contributed by atoms with van der Waals surface area (Å²) in [5.41, 5.74) is 3.20. The minimum atomic E-state index is -0.298. The van der Waals surface area contributed by atoms with Crippen LogP contribution < -0.4 is 0 Å². The fraction of sp³-hybridized carbons (Fsp3) is 0.393. The van der Waals surface area contributed by atoms with Crippen LogP contribution in [0.2, 0.25) is 0 Å². The van der Waals surface area contributed by atoms with Gasteiger partial charge in [0, 0.05) is 12.1 Å². The van der Waals surface area contributed by atoms with Gasteiger partial charge < -0.3 is 9.64 Å². The number of aryl methyl sites for hydroxylation is 2. The molecule has 0 amide bonds. The molecule has 0 radical (unpaired) electrons. The molecule has 3 rings (SSSR count). The number of esters is 1. The molecule has 0 heterocycles. The van der Waals surface area contributed by atoms with Gasteiger partial charge in [-0.2, -0.15) is 0 Å². The van der Waals surface area contributed by atoms with E-state index in [0.717, 1.165) is 19.3 Å². The number of carbonyl (C=O) groups excluding carboxylic acids is 1. The van der Waals surface area contributed by atoms with Crippen molar-refractivity contribution in [3.8, 4) is 0 Å². The highest BCUT2D eigenvalue weighted by molar-refractivity contribution is 6.07. The number of hydrogen-bond donors (Lipinski definition) is 0. The normalized spacial score (nSPS) is 11.4. The van der Waals surface area contributed by atoms with Crippen LogP contribution in [0.3, 0.4) is 0 Å². The van der Waals surface area contributed by atoms with Crippen molar-refractivity contribution in [2.45, 2.75) is 45.4 Å². The lowest BCUT2D eigenvalue weighted by Crippen LogP contribution is -2.21. The minimum Gasteiger partial charge on any atom is -0.462 e. The van der Waals surface area contributed by atoms with Gasteiger partial charge in [0.2, 0.25) is 0 Å². The Kier molecular flexibility index (Phi) is 8.25. The first-order valence-electron chi connectivity index (χ1n) is 11.4. The van der Waals surface area contributed by atoms with Crippen molar-refractivity contribution >= 4 is 27.5 Å². The van der Waals surface area contributed by atoms with Crippen LogP contribution in [-0.2, 0) is 22.4 Å². The lowest BCUT2D eigenvalue weighted by Gasteiger charge is -2.12. The quantitative estimate of drug-likeness (QED) is 0.158. The van der Waals surface area contributed by atoms with Gasteiger partial charge in [0.1, 0.15) is 0 Å². The highest BCUT2D eigenvalue weighted by Gasteiger charge is 2.09. The number of fused-ring (bicyclic) bond motifs is 3. The first-order valence-corrected chi connectivity index (χ1v) is 11.4. The number of rotatable bonds is 11. The molecule has 0 aliphatic rings. The summed E-state index contributed by atoms with van der Waals surface area (Å²) in [6.45, 7) is 6.99. The van der Waals surface area contributed by atoms with Crippen molar-refractivity contribution in [3.63, 3.8) is 0 Å². The smallest absolute Gasteiger partial charge is 0.334 e. The molecule has 0 aliphatic carbocycles. The molecule has 0 saturated heterocycles. The molecule has 0 N–H and O–H groups in total. The molecule has 31 heavy (non-hydrogen) atoms. The fourth-order valence-corrected chi connectivity index (χ4v) is 4.05. The highest BCUT2D eigenvalue weighted by Crippen LogP contribution is 2.28. The Hall–Kier alpha value is -2.65. The van der Waals surface area contributed by atoms with Crippen molar-refractivity contribution in [1.82, 2.24) is 4.90 Å². The average Bonchev–Trinajstić information content (AvgIpc) is 2.75. The molecule has 0 saturated carbocycles. The van der Waals surface area contributed by atoms with Crippen LogP contribution in [0.15, 0.2) is 60.7 Å². The van der Waals surface area contributed by atoms with Crippen molar-refractivity contribution < 1.29 is 9.53 Å². The summed E-state index contributed by atoms with van der Waals surface area (Å²) in [6.07, 6.45) is 6.67. The average molecular weight is 418 g/mol. The van der Waals surface area contributed by atoms with Gasteiger partial charge in [-0.3, -0.25) is 0 Å². The summed E-state index contributed by atoms with van der Waals surface area (Å²) < 4.78 is 5.35. The highest BCUT2D eigenvalue weighted by atomic mass is 16.5. The number of ether oxygens (including phenoxy) is 1. The number of likely N-dealkylation sites (N-methyl/N-ethyl adjacent to an activating group) is 1. The Labute approximate surface area is 186 Å². The molecule has 0 spiro atoms. The van der Waals surface area contributed by atoms with Crippen LogP contribution in [-0.4, -0.2) is 38.1 Å². The summed E-state index contributed by atoms with van der Waals surface area (Å²) in [7, 11) is 3.82. The maximum absolute atomic E-state index is 11.9. The van der Waals surface area contributed by atoms with E-state index in [9.17, 15) is 4.79 Å². The maximum atomic E-state index is 11.9. The number of benzene rings is 3. The van der Waals surface area contributed by atoms with E-state index >= 15 is 0 Å². The standard InChI is InChI=1S/C28H35NO2/c1-5-6-7-9-22-11-15-26-24(18-22)13-14-25-19-23(12-16-27(25)26)10-8-17-31-28(30)21(2)20-29(3)4/h11-16,18-19H,2,5-10,17,20H2,1,3-4H3. The van der Waals surface area contributed by atoms with Gasteiger partial charge in [-0.15, -0.1) is 0 Å². The molecule has 0 aromatic heterocycles. The van der Waals surface area contributed by atoms with Gasteiger partial charge in [-0.05, 0) is 72.5 Å². The number of nitrogens with zero attached hydrogens (tertiary/aromatic N) is 1. The van der Waals surface area contributed by atoms with E-state index in [2.05, 4.69) is 62.0 Å². The van der Waals surface area contributed by atoms with Crippen molar-refractivity contribution in [1.29, 1.82) is 0 Å². The van der Waals surface area contributed by atoms with E-state index in [1.165, 1.54) is 51.9 Å². The van der Waals surface area contributed by atoms with Gasteiger partial charge in [-0.1, -0.05) is 74.9 Å². The molecule has 0 unspecified atom stereocenters. The summed E-state index contributed by atoms with van der Waals surface area (Å²) >= 11 is 0. The summed E-state index contributed by atoms with van der Waals surface area (Å²) in [6, 6.07) is 18.1. The molecule has 0 fully saturated rings. The van der Waals surface area contributed by atoms with Gasteiger partial charge in [0.25, 0.3) is 0 Å². The van der Waals surface area contributed by atoms with Crippen molar-refractivity contribution in [2.75, 3.05) is 27.2 Å². The van der Waals surface area contributed by atoms with Crippen LogP contribution in [0, 0.1) is 0 Å². The third-order valence-corrected chi connectivity index (χ3v) is 5.67. The molecule has 3 nitrogen and oxygen atoms in total. The van der Waals surface area contributed by atoms with Crippen LogP contribution in [0.5, 0.6) is 0 Å². The molecule has 0 aliphatic heterocycles. The first-order chi connectivity index (χ1) is 15.0. The summed E-state index contributed by atoms with van der Waals surface area (Å²) in [5, 5.41) is 5.20. The Morgan fingerprint density at radius 2 is 1.45 bits per heavy atom. The third kappa shape index (κ3) is 6.41. The van der Waals surface area contributed by atoms with Crippen LogP contribution >= 0.6 is 0 Å². The van der Waals surface area contributed by atoms with Crippen LogP contribution in [0.25, 0.3) is 21.5 Å². The zero-order chi connectivity index (χ0) is 22.2. The van der Waals surface area contributed by atoms with Crippen LogP contribution in [0.1, 0.15) is 43.7 Å². The summed E-state index contributed by atoms with van der Waals surface area (Å²) in [4.78, 5) is 13.9. The fourth-order valence-electron chi connectivity index (χ4n) is 4.05. The Morgan fingerprint density at radius 3 is 2.00 bits per heavy atom. The van der Waals surface area contributed by atoms with Gasteiger partial charge >= 0.3 is 5.97 Å². The van der Waals surface area contributed by atoms with Crippen molar-refractivity contribution in [3.05, 3.63) is 71.8 Å².